The Kier molecular flexibility index (Phi) is 5.30. The van der Waals surface area contributed by atoms with E-state index in [0.717, 1.165) is 0 Å². The zero-order chi connectivity index (χ0) is 19.4. The Labute approximate surface area is 156 Å². The van der Waals surface area contributed by atoms with Crippen molar-refractivity contribution in [3.8, 4) is 6.07 Å². The fourth-order valence-corrected chi connectivity index (χ4v) is 4.33. The number of sulfonamides is 1. The van der Waals surface area contributed by atoms with Crippen LogP contribution >= 0.6 is 0 Å². The standard InChI is InChI=1S/C18H18N4O4S/c1-26-18(23)16(8-11-22-10-3-4-13(22)12-19)21-27(24,25)17-6-2-5-15-14(17)7-9-20-15/h2-7,9-10,16,20-21H,8,11H2,1H3. The highest BCUT2D eigenvalue weighted by molar-refractivity contribution is 7.89. The molecule has 2 N–H and O–H groups in total. The van der Waals surface area contributed by atoms with Crippen molar-refractivity contribution in [2.24, 2.45) is 0 Å². The SMILES string of the molecule is COC(=O)C(CCn1cccc1C#N)NS(=O)(=O)c1cccc2[nH]ccc12. The van der Waals surface area contributed by atoms with E-state index >= 15 is 0 Å². The van der Waals surface area contributed by atoms with Gasteiger partial charge < -0.3 is 14.3 Å². The van der Waals surface area contributed by atoms with Gasteiger partial charge in [0.15, 0.2) is 0 Å². The summed E-state index contributed by atoms with van der Waals surface area (Å²) in [5, 5.41) is 9.60. The molecule has 1 aromatic carbocycles. The number of nitrogens with zero attached hydrogens (tertiary/aromatic N) is 2. The number of aromatic nitrogens is 2. The van der Waals surface area contributed by atoms with Crippen molar-refractivity contribution in [3.05, 3.63) is 54.5 Å². The van der Waals surface area contributed by atoms with Crippen molar-refractivity contribution in [3.63, 3.8) is 0 Å². The molecule has 0 aliphatic heterocycles. The Balaban J connectivity index is 1.84. The molecule has 140 valence electrons. The van der Waals surface area contributed by atoms with Crippen LogP contribution in [0.4, 0.5) is 0 Å². The van der Waals surface area contributed by atoms with Gasteiger partial charge >= 0.3 is 5.97 Å². The van der Waals surface area contributed by atoms with Crippen LogP contribution in [0.2, 0.25) is 0 Å². The van der Waals surface area contributed by atoms with E-state index in [4.69, 9.17) is 10.00 Å². The number of carbonyl (C=O) groups is 1. The largest absolute Gasteiger partial charge is 0.468 e. The summed E-state index contributed by atoms with van der Waals surface area (Å²) in [6.07, 6.45) is 3.48. The number of benzene rings is 1. The Morgan fingerprint density at radius 2 is 2.15 bits per heavy atom. The minimum atomic E-state index is -3.96. The van der Waals surface area contributed by atoms with Crippen molar-refractivity contribution in [2.75, 3.05) is 7.11 Å². The fourth-order valence-electron chi connectivity index (χ4n) is 2.89. The van der Waals surface area contributed by atoms with E-state index in [1.807, 2.05) is 6.07 Å². The van der Waals surface area contributed by atoms with E-state index in [-0.39, 0.29) is 17.9 Å². The number of rotatable bonds is 7. The highest BCUT2D eigenvalue weighted by Crippen LogP contribution is 2.22. The molecule has 0 spiro atoms. The molecule has 27 heavy (non-hydrogen) atoms. The van der Waals surface area contributed by atoms with Crippen LogP contribution in [0.3, 0.4) is 0 Å². The lowest BCUT2D eigenvalue weighted by Gasteiger charge is -2.17. The zero-order valence-electron chi connectivity index (χ0n) is 14.5. The van der Waals surface area contributed by atoms with Gasteiger partial charge in [0.1, 0.15) is 17.8 Å². The monoisotopic (exact) mass is 386 g/mol. The van der Waals surface area contributed by atoms with Crippen molar-refractivity contribution >= 4 is 26.9 Å². The summed E-state index contributed by atoms with van der Waals surface area (Å²) in [4.78, 5) is 15.2. The predicted molar refractivity (Wildman–Crippen MR) is 98.2 cm³/mol. The molecule has 0 saturated heterocycles. The molecule has 0 radical (unpaired) electrons. The lowest BCUT2D eigenvalue weighted by molar-refractivity contribution is -0.142. The number of H-pyrrole nitrogens is 1. The topological polar surface area (TPSA) is 117 Å². The minimum absolute atomic E-state index is 0.0776. The van der Waals surface area contributed by atoms with Crippen molar-refractivity contribution < 1.29 is 17.9 Å². The maximum atomic E-state index is 12.9. The van der Waals surface area contributed by atoms with Gasteiger partial charge in [-0.1, -0.05) is 6.07 Å². The summed E-state index contributed by atoms with van der Waals surface area (Å²) in [5.41, 5.74) is 1.11. The van der Waals surface area contributed by atoms with Gasteiger partial charge in [0.25, 0.3) is 0 Å². The Morgan fingerprint density at radius 1 is 1.33 bits per heavy atom. The number of methoxy groups -OCH3 is 1. The molecule has 3 rings (SSSR count). The molecule has 0 aliphatic carbocycles. The molecule has 9 heteroatoms. The van der Waals surface area contributed by atoms with Crippen LogP contribution in [-0.4, -0.2) is 37.1 Å². The number of carbonyl (C=O) groups excluding carboxylic acids is 1. The van der Waals surface area contributed by atoms with Crippen LogP contribution in [0.25, 0.3) is 10.9 Å². The fraction of sp³-hybridized carbons (Fsp3) is 0.222. The van der Waals surface area contributed by atoms with Gasteiger partial charge in [0, 0.05) is 29.8 Å². The van der Waals surface area contributed by atoms with Crippen LogP contribution in [0.5, 0.6) is 0 Å². The summed E-state index contributed by atoms with van der Waals surface area (Å²) >= 11 is 0. The van der Waals surface area contributed by atoms with Gasteiger partial charge in [-0.05, 0) is 36.8 Å². The Bertz CT molecular complexity index is 1110. The lowest BCUT2D eigenvalue weighted by atomic mass is 10.2. The summed E-state index contributed by atoms with van der Waals surface area (Å²) in [6.45, 7) is 0.284. The normalized spacial score (nSPS) is 12.6. The summed E-state index contributed by atoms with van der Waals surface area (Å²) in [7, 11) is -2.76. The molecule has 2 heterocycles. The maximum absolute atomic E-state index is 12.9. The molecule has 2 aromatic heterocycles. The highest BCUT2D eigenvalue weighted by atomic mass is 32.2. The van der Waals surface area contributed by atoms with Crippen LogP contribution in [0.15, 0.2) is 53.7 Å². The minimum Gasteiger partial charge on any atom is -0.468 e. The summed E-state index contributed by atoms with van der Waals surface area (Å²) < 4.78 is 34.6. The number of nitriles is 1. The Hall–Kier alpha value is -3.09. The van der Waals surface area contributed by atoms with Gasteiger partial charge in [0.05, 0.1) is 12.0 Å². The smallest absolute Gasteiger partial charge is 0.323 e. The molecular formula is C18H18N4O4S. The van der Waals surface area contributed by atoms with Crippen molar-refractivity contribution in [2.45, 2.75) is 23.9 Å². The number of nitrogens with one attached hydrogen (secondary N) is 2. The van der Waals surface area contributed by atoms with E-state index < -0.39 is 22.0 Å². The third-order valence-corrected chi connectivity index (χ3v) is 5.76. The predicted octanol–water partition coefficient (Wildman–Crippen LogP) is 1.75. The van der Waals surface area contributed by atoms with Crippen LogP contribution in [-0.2, 0) is 26.1 Å². The van der Waals surface area contributed by atoms with E-state index in [1.54, 1.807) is 47.3 Å². The van der Waals surface area contributed by atoms with Crippen molar-refractivity contribution in [1.82, 2.24) is 14.3 Å². The van der Waals surface area contributed by atoms with Crippen LogP contribution in [0, 0.1) is 11.3 Å². The third-order valence-electron chi connectivity index (χ3n) is 4.23. The molecule has 0 saturated carbocycles. The number of esters is 1. The first-order chi connectivity index (χ1) is 13.0. The maximum Gasteiger partial charge on any atom is 0.323 e. The van der Waals surface area contributed by atoms with E-state index in [0.29, 0.717) is 16.6 Å². The number of hydrogen-bond donors (Lipinski definition) is 2. The second-order valence-electron chi connectivity index (χ2n) is 5.88. The first-order valence-corrected chi connectivity index (χ1v) is 9.66. The third kappa shape index (κ3) is 3.86. The number of aryl methyl sites for hydroxylation is 1. The molecular weight excluding hydrogens is 368 g/mol. The second kappa shape index (κ2) is 7.65. The lowest BCUT2D eigenvalue weighted by Crippen LogP contribution is -2.42. The van der Waals surface area contributed by atoms with E-state index in [2.05, 4.69) is 9.71 Å². The quantitative estimate of drug-likeness (QED) is 0.600. The van der Waals surface area contributed by atoms with Gasteiger partial charge in [-0.25, -0.2) is 8.42 Å². The number of hydrogen-bond acceptors (Lipinski definition) is 5. The summed E-state index contributed by atoms with van der Waals surface area (Å²) in [5.74, 6) is -0.689. The highest BCUT2D eigenvalue weighted by Gasteiger charge is 2.27. The molecule has 1 unspecified atom stereocenters. The molecule has 8 nitrogen and oxygen atoms in total. The molecule has 0 aliphatic rings. The van der Waals surface area contributed by atoms with E-state index in [9.17, 15) is 13.2 Å². The van der Waals surface area contributed by atoms with E-state index in [1.165, 1.54) is 13.2 Å². The average Bonchev–Trinajstić information content (AvgIpc) is 3.32. The molecule has 1 atom stereocenters. The first kappa shape index (κ1) is 18.7. The molecule has 3 aromatic rings. The number of fused-ring (bicyclic) bond motifs is 1. The molecule has 0 fully saturated rings. The number of aromatic amines is 1. The van der Waals surface area contributed by atoms with Gasteiger partial charge in [-0.15, -0.1) is 0 Å². The zero-order valence-corrected chi connectivity index (χ0v) is 15.4. The molecule has 0 bridgehead atoms. The van der Waals surface area contributed by atoms with Crippen LogP contribution in [0.1, 0.15) is 12.1 Å². The Morgan fingerprint density at radius 3 is 2.89 bits per heavy atom. The van der Waals surface area contributed by atoms with Gasteiger partial charge in [-0.2, -0.15) is 9.98 Å². The van der Waals surface area contributed by atoms with Crippen LogP contribution < -0.4 is 4.72 Å². The first-order valence-electron chi connectivity index (χ1n) is 8.18. The van der Waals surface area contributed by atoms with Crippen molar-refractivity contribution in [1.29, 1.82) is 5.26 Å². The van der Waals surface area contributed by atoms with Gasteiger partial charge in [-0.3, -0.25) is 4.79 Å². The number of ether oxygens (including phenoxy) is 1. The molecule has 0 amide bonds. The van der Waals surface area contributed by atoms with Gasteiger partial charge in [0.2, 0.25) is 10.0 Å². The second-order valence-corrected chi connectivity index (χ2v) is 7.56. The average molecular weight is 386 g/mol. The summed E-state index contributed by atoms with van der Waals surface area (Å²) in [6, 6.07) is 10.8.